The zero-order valence-corrected chi connectivity index (χ0v) is 11.7. The highest BCUT2D eigenvalue weighted by Gasteiger charge is 2.35. The van der Waals surface area contributed by atoms with Crippen molar-refractivity contribution in [3.8, 4) is 5.75 Å². The molecule has 0 bridgehead atoms. The number of phenols is 1. The average Bonchev–Trinajstić information content (AvgIpc) is 2.67. The van der Waals surface area contributed by atoms with E-state index >= 15 is 0 Å². The molecule has 1 aliphatic carbocycles. The van der Waals surface area contributed by atoms with Gasteiger partial charge in [-0.3, -0.25) is 0 Å². The predicted octanol–water partition coefficient (Wildman–Crippen LogP) is 4.06. The molecule has 0 unspecified atom stereocenters. The first-order valence-electron chi connectivity index (χ1n) is 6.87. The van der Waals surface area contributed by atoms with Crippen LogP contribution >= 0.6 is 0 Å². The van der Waals surface area contributed by atoms with E-state index in [-0.39, 0.29) is 11.2 Å². The van der Waals surface area contributed by atoms with Crippen molar-refractivity contribution in [1.82, 2.24) is 0 Å². The van der Waals surface area contributed by atoms with Gasteiger partial charge in [-0.1, -0.05) is 31.0 Å². The molecule has 0 aliphatic heterocycles. The van der Waals surface area contributed by atoms with Crippen molar-refractivity contribution < 1.29 is 9.84 Å². The normalized spacial score (nSPS) is 19.1. The molecule has 1 fully saturated rings. The molecule has 1 N–H and O–H groups in total. The molecule has 0 radical (unpaired) electrons. The molecular weight excluding hydrogens is 224 g/mol. The molecule has 1 saturated carbocycles. The van der Waals surface area contributed by atoms with Crippen LogP contribution in [0.3, 0.4) is 0 Å². The Morgan fingerprint density at radius 3 is 2.44 bits per heavy atom. The van der Waals surface area contributed by atoms with Gasteiger partial charge >= 0.3 is 0 Å². The van der Waals surface area contributed by atoms with E-state index in [2.05, 4.69) is 20.8 Å². The molecule has 0 heterocycles. The molecule has 18 heavy (non-hydrogen) atoms. The smallest absolute Gasteiger partial charge is 0.118 e. The zero-order chi connectivity index (χ0) is 13.2. The summed E-state index contributed by atoms with van der Waals surface area (Å²) >= 11 is 0. The van der Waals surface area contributed by atoms with Crippen molar-refractivity contribution in [3.05, 3.63) is 29.8 Å². The Morgan fingerprint density at radius 1 is 1.22 bits per heavy atom. The Balaban J connectivity index is 2.05. The number of phenolic OH excluding ortho intramolecular Hbond substituents is 1. The number of ether oxygens (including phenoxy) is 1. The summed E-state index contributed by atoms with van der Waals surface area (Å²) in [5, 5.41) is 9.84. The summed E-state index contributed by atoms with van der Waals surface area (Å²) in [6.45, 7) is 6.44. The summed E-state index contributed by atoms with van der Waals surface area (Å²) < 4.78 is 6.33. The van der Waals surface area contributed by atoms with Crippen molar-refractivity contribution in [1.29, 1.82) is 0 Å². The first-order chi connectivity index (χ1) is 8.40. The van der Waals surface area contributed by atoms with Gasteiger partial charge in [-0.25, -0.2) is 0 Å². The molecular formula is C16H24O2. The lowest BCUT2D eigenvalue weighted by atomic mass is 9.95. The van der Waals surface area contributed by atoms with Crippen LogP contribution in [0.25, 0.3) is 0 Å². The Labute approximate surface area is 110 Å². The Bertz CT molecular complexity index is 403. The number of aromatic hydroxyl groups is 1. The van der Waals surface area contributed by atoms with Gasteiger partial charge in [-0.2, -0.15) is 0 Å². The number of hydrogen-bond acceptors (Lipinski definition) is 2. The molecule has 1 aliphatic rings. The van der Waals surface area contributed by atoms with E-state index in [0.717, 1.165) is 24.8 Å². The predicted molar refractivity (Wildman–Crippen MR) is 73.8 cm³/mol. The van der Waals surface area contributed by atoms with Crippen molar-refractivity contribution in [2.75, 3.05) is 0 Å². The quantitative estimate of drug-likeness (QED) is 0.870. The highest BCUT2D eigenvalue weighted by molar-refractivity contribution is 5.32. The van der Waals surface area contributed by atoms with E-state index < -0.39 is 0 Å². The van der Waals surface area contributed by atoms with Crippen LogP contribution in [0.1, 0.15) is 52.0 Å². The number of para-hydroxylation sites is 1. The van der Waals surface area contributed by atoms with Gasteiger partial charge in [0.15, 0.2) is 0 Å². The molecule has 0 aromatic heterocycles. The monoisotopic (exact) mass is 248 g/mol. The standard InChI is InChI=1S/C16H24O2/c1-15(2,18-16(3)10-6-7-11-16)12-13-8-4-5-9-14(13)17/h4-5,8-9,17H,6-7,10-12H2,1-3H3. The van der Waals surface area contributed by atoms with Crippen molar-refractivity contribution in [2.24, 2.45) is 0 Å². The Kier molecular flexibility index (Phi) is 3.67. The first kappa shape index (κ1) is 13.4. The van der Waals surface area contributed by atoms with Crippen LogP contribution in [0, 0.1) is 0 Å². The van der Waals surface area contributed by atoms with Gasteiger partial charge in [0.2, 0.25) is 0 Å². The van der Waals surface area contributed by atoms with E-state index in [1.165, 1.54) is 12.8 Å². The minimum Gasteiger partial charge on any atom is -0.508 e. The van der Waals surface area contributed by atoms with Gasteiger partial charge in [0.1, 0.15) is 5.75 Å². The lowest BCUT2D eigenvalue weighted by Crippen LogP contribution is -2.38. The molecule has 2 rings (SSSR count). The van der Waals surface area contributed by atoms with Gasteiger partial charge in [0, 0.05) is 6.42 Å². The van der Waals surface area contributed by atoms with E-state index in [9.17, 15) is 5.11 Å². The summed E-state index contributed by atoms with van der Waals surface area (Å²) in [5.74, 6) is 0.366. The molecule has 2 heteroatoms. The van der Waals surface area contributed by atoms with Crippen molar-refractivity contribution in [2.45, 2.75) is 64.1 Å². The number of hydrogen-bond donors (Lipinski definition) is 1. The topological polar surface area (TPSA) is 29.5 Å². The second-order valence-corrected chi connectivity index (χ2v) is 6.32. The van der Waals surface area contributed by atoms with Gasteiger partial charge < -0.3 is 9.84 Å². The summed E-state index contributed by atoms with van der Waals surface area (Å²) in [6.07, 6.45) is 5.58. The molecule has 0 saturated heterocycles. The summed E-state index contributed by atoms with van der Waals surface area (Å²) in [4.78, 5) is 0. The van der Waals surface area contributed by atoms with Gasteiger partial charge in [0.25, 0.3) is 0 Å². The lowest BCUT2D eigenvalue weighted by Gasteiger charge is -2.36. The largest absolute Gasteiger partial charge is 0.508 e. The maximum absolute atomic E-state index is 9.84. The van der Waals surface area contributed by atoms with Gasteiger partial charge in [0.05, 0.1) is 11.2 Å². The van der Waals surface area contributed by atoms with Crippen LogP contribution in [0.15, 0.2) is 24.3 Å². The van der Waals surface area contributed by atoms with E-state index in [1.807, 2.05) is 18.2 Å². The highest BCUT2D eigenvalue weighted by atomic mass is 16.5. The fourth-order valence-corrected chi connectivity index (χ4v) is 3.05. The number of benzene rings is 1. The summed E-state index contributed by atoms with van der Waals surface area (Å²) in [5.41, 5.74) is 0.746. The second-order valence-electron chi connectivity index (χ2n) is 6.32. The van der Waals surface area contributed by atoms with Crippen LogP contribution in [0.5, 0.6) is 5.75 Å². The summed E-state index contributed by atoms with van der Waals surface area (Å²) in [6, 6.07) is 7.52. The second kappa shape index (κ2) is 4.93. The van der Waals surface area contributed by atoms with Crippen LogP contribution in [-0.2, 0) is 11.2 Å². The van der Waals surface area contributed by atoms with Crippen molar-refractivity contribution in [3.63, 3.8) is 0 Å². The first-order valence-corrected chi connectivity index (χ1v) is 6.87. The van der Waals surface area contributed by atoms with Crippen LogP contribution in [0.2, 0.25) is 0 Å². The Hall–Kier alpha value is -1.02. The van der Waals surface area contributed by atoms with Gasteiger partial charge in [-0.05, 0) is 45.2 Å². The number of rotatable bonds is 4. The minimum absolute atomic E-state index is 0.0217. The maximum atomic E-state index is 9.84. The third kappa shape index (κ3) is 3.26. The van der Waals surface area contributed by atoms with E-state index in [4.69, 9.17) is 4.74 Å². The zero-order valence-electron chi connectivity index (χ0n) is 11.7. The SMILES string of the molecule is CC(C)(Cc1ccccc1O)OC1(C)CCCC1. The fourth-order valence-electron chi connectivity index (χ4n) is 3.05. The van der Waals surface area contributed by atoms with E-state index in [0.29, 0.717) is 5.75 Å². The Morgan fingerprint density at radius 2 is 1.83 bits per heavy atom. The van der Waals surface area contributed by atoms with Gasteiger partial charge in [-0.15, -0.1) is 0 Å². The molecule has 0 atom stereocenters. The molecule has 1 aromatic carbocycles. The van der Waals surface area contributed by atoms with Crippen LogP contribution in [-0.4, -0.2) is 16.3 Å². The van der Waals surface area contributed by atoms with Crippen LogP contribution < -0.4 is 0 Å². The molecule has 0 amide bonds. The van der Waals surface area contributed by atoms with Crippen LogP contribution in [0.4, 0.5) is 0 Å². The lowest BCUT2D eigenvalue weighted by molar-refractivity contribution is -0.127. The average molecular weight is 248 g/mol. The summed E-state index contributed by atoms with van der Waals surface area (Å²) in [7, 11) is 0. The highest BCUT2D eigenvalue weighted by Crippen LogP contribution is 2.37. The molecule has 1 aromatic rings. The van der Waals surface area contributed by atoms with E-state index in [1.54, 1.807) is 6.07 Å². The van der Waals surface area contributed by atoms with Crippen molar-refractivity contribution >= 4 is 0 Å². The molecule has 0 spiro atoms. The third-order valence-corrected chi connectivity index (χ3v) is 3.79. The minimum atomic E-state index is -0.238. The maximum Gasteiger partial charge on any atom is 0.118 e. The molecule has 100 valence electrons. The fraction of sp³-hybridized carbons (Fsp3) is 0.625. The molecule has 2 nitrogen and oxygen atoms in total. The third-order valence-electron chi connectivity index (χ3n) is 3.79.